The Bertz CT molecular complexity index is 308. The predicted molar refractivity (Wildman–Crippen MR) is 67.4 cm³/mol. The lowest BCUT2D eigenvalue weighted by molar-refractivity contribution is 0.429. The Morgan fingerprint density at radius 1 is 1.25 bits per heavy atom. The van der Waals surface area contributed by atoms with Crippen LogP contribution < -0.4 is 10.2 Å². The molecule has 1 unspecified atom stereocenters. The monoisotopic (exact) mass is 224 g/mol. The molecular weight excluding hydrogens is 203 g/mol. The predicted octanol–water partition coefficient (Wildman–Crippen LogP) is 2.51. The molecule has 0 aliphatic rings. The Balaban J connectivity index is 2.64. The number of nitrogens with one attached hydrogen (secondary N) is 1. The van der Waals surface area contributed by atoms with Crippen LogP contribution in [0.4, 0.5) is 10.1 Å². The molecule has 1 rings (SSSR count). The fraction of sp³-hybridized carbons (Fsp3) is 0.538. The van der Waals surface area contributed by atoms with E-state index in [4.69, 9.17) is 0 Å². The fourth-order valence-electron chi connectivity index (χ4n) is 1.73. The summed E-state index contributed by atoms with van der Waals surface area (Å²) in [4.78, 5) is 2.14. The second-order valence-corrected chi connectivity index (χ2v) is 4.50. The highest BCUT2D eigenvalue weighted by atomic mass is 19.1. The van der Waals surface area contributed by atoms with Crippen molar-refractivity contribution in [3.05, 3.63) is 30.1 Å². The molecule has 0 aromatic heterocycles. The van der Waals surface area contributed by atoms with Crippen molar-refractivity contribution in [3.8, 4) is 0 Å². The van der Waals surface area contributed by atoms with Crippen molar-refractivity contribution in [1.29, 1.82) is 0 Å². The molecule has 0 saturated heterocycles. The molecule has 90 valence electrons. The molecule has 1 atom stereocenters. The van der Waals surface area contributed by atoms with Crippen molar-refractivity contribution in [1.82, 2.24) is 5.32 Å². The minimum atomic E-state index is -0.189. The van der Waals surface area contributed by atoms with Crippen molar-refractivity contribution in [2.45, 2.75) is 19.9 Å². The third-order valence-electron chi connectivity index (χ3n) is 2.91. The smallest absolute Gasteiger partial charge is 0.123 e. The lowest BCUT2D eigenvalue weighted by atomic mass is 10.0. The molecule has 0 bridgehead atoms. The maximum absolute atomic E-state index is 12.8. The molecule has 0 aliphatic heterocycles. The highest BCUT2D eigenvalue weighted by Crippen LogP contribution is 2.14. The molecule has 1 aromatic rings. The number of rotatable bonds is 5. The van der Waals surface area contributed by atoms with Crippen LogP contribution in [0.1, 0.15) is 13.8 Å². The molecule has 0 saturated carbocycles. The summed E-state index contributed by atoms with van der Waals surface area (Å²) in [6.07, 6.45) is 0. The van der Waals surface area contributed by atoms with E-state index in [9.17, 15) is 4.39 Å². The van der Waals surface area contributed by atoms with Crippen LogP contribution in [0.15, 0.2) is 24.3 Å². The van der Waals surface area contributed by atoms with Crippen LogP contribution in [0, 0.1) is 11.7 Å². The summed E-state index contributed by atoms with van der Waals surface area (Å²) in [7, 11) is 4.00. The summed E-state index contributed by atoms with van der Waals surface area (Å²) in [5, 5.41) is 3.30. The zero-order chi connectivity index (χ0) is 12.1. The molecule has 16 heavy (non-hydrogen) atoms. The number of hydrogen-bond acceptors (Lipinski definition) is 2. The number of hydrogen-bond donors (Lipinski definition) is 1. The Morgan fingerprint density at radius 2 is 1.81 bits per heavy atom. The van der Waals surface area contributed by atoms with Gasteiger partial charge >= 0.3 is 0 Å². The van der Waals surface area contributed by atoms with Gasteiger partial charge in [-0.3, -0.25) is 0 Å². The zero-order valence-corrected chi connectivity index (χ0v) is 10.5. The van der Waals surface area contributed by atoms with Gasteiger partial charge in [-0.2, -0.15) is 0 Å². The van der Waals surface area contributed by atoms with Gasteiger partial charge in [-0.25, -0.2) is 4.39 Å². The van der Waals surface area contributed by atoms with Crippen molar-refractivity contribution in [2.75, 3.05) is 25.5 Å². The first-order valence-corrected chi connectivity index (χ1v) is 5.68. The summed E-state index contributed by atoms with van der Waals surface area (Å²) in [6.45, 7) is 5.30. The van der Waals surface area contributed by atoms with E-state index < -0.39 is 0 Å². The maximum atomic E-state index is 12.8. The van der Waals surface area contributed by atoms with Crippen LogP contribution in [-0.4, -0.2) is 26.7 Å². The van der Waals surface area contributed by atoms with Gasteiger partial charge in [-0.1, -0.05) is 13.8 Å². The highest BCUT2D eigenvalue weighted by molar-refractivity contribution is 5.45. The van der Waals surface area contributed by atoms with E-state index in [1.807, 2.05) is 26.2 Å². The van der Waals surface area contributed by atoms with Gasteiger partial charge in [0.1, 0.15) is 5.82 Å². The first kappa shape index (κ1) is 13.0. The van der Waals surface area contributed by atoms with Gasteiger partial charge in [0.15, 0.2) is 0 Å². The third kappa shape index (κ3) is 3.49. The summed E-state index contributed by atoms with van der Waals surface area (Å²) < 4.78 is 12.8. The second kappa shape index (κ2) is 5.85. The molecule has 0 amide bonds. The van der Waals surface area contributed by atoms with Crippen molar-refractivity contribution in [3.63, 3.8) is 0 Å². The molecule has 1 N–H and O–H groups in total. The van der Waals surface area contributed by atoms with E-state index in [1.54, 1.807) is 0 Å². The van der Waals surface area contributed by atoms with Crippen LogP contribution in [0.3, 0.4) is 0 Å². The molecule has 0 heterocycles. The normalized spacial score (nSPS) is 12.9. The second-order valence-electron chi connectivity index (χ2n) is 4.50. The molecule has 0 spiro atoms. The van der Waals surface area contributed by atoms with Gasteiger partial charge in [0, 0.05) is 25.3 Å². The minimum Gasteiger partial charge on any atom is -0.373 e. The highest BCUT2D eigenvalue weighted by Gasteiger charge is 2.13. The van der Waals surface area contributed by atoms with Crippen molar-refractivity contribution >= 4 is 5.69 Å². The third-order valence-corrected chi connectivity index (χ3v) is 2.91. The molecule has 2 nitrogen and oxygen atoms in total. The lowest BCUT2D eigenvalue weighted by Gasteiger charge is -2.28. The van der Waals surface area contributed by atoms with Gasteiger partial charge in [0.25, 0.3) is 0 Å². The standard InChI is InChI=1S/C13H21FN2/c1-10(2)13(15-3)9-16(4)12-7-5-11(14)6-8-12/h5-8,10,13,15H,9H2,1-4H3. The molecule has 1 aromatic carbocycles. The SMILES string of the molecule is CNC(CN(C)c1ccc(F)cc1)C(C)C. The van der Waals surface area contributed by atoms with Crippen LogP contribution in [0.2, 0.25) is 0 Å². The molecular formula is C13H21FN2. The molecule has 0 fully saturated rings. The average molecular weight is 224 g/mol. The average Bonchev–Trinajstić information content (AvgIpc) is 2.26. The number of halogens is 1. The topological polar surface area (TPSA) is 15.3 Å². The van der Waals surface area contributed by atoms with Crippen LogP contribution in [-0.2, 0) is 0 Å². The van der Waals surface area contributed by atoms with E-state index in [0.717, 1.165) is 12.2 Å². The van der Waals surface area contributed by atoms with Gasteiger partial charge in [0.2, 0.25) is 0 Å². The Hall–Kier alpha value is -1.09. The number of anilines is 1. The number of nitrogens with zero attached hydrogens (tertiary/aromatic N) is 1. The van der Waals surface area contributed by atoms with Crippen LogP contribution in [0.5, 0.6) is 0 Å². The first-order valence-electron chi connectivity index (χ1n) is 5.68. The molecule has 3 heteroatoms. The van der Waals surface area contributed by atoms with E-state index in [0.29, 0.717) is 12.0 Å². The summed E-state index contributed by atoms with van der Waals surface area (Å²) in [5.41, 5.74) is 1.04. The van der Waals surface area contributed by atoms with Crippen LogP contribution in [0.25, 0.3) is 0 Å². The summed E-state index contributed by atoms with van der Waals surface area (Å²) in [6, 6.07) is 7.05. The van der Waals surface area contributed by atoms with Gasteiger partial charge < -0.3 is 10.2 Å². The van der Waals surface area contributed by atoms with Crippen LogP contribution >= 0.6 is 0 Å². The Morgan fingerprint density at radius 3 is 2.25 bits per heavy atom. The van der Waals surface area contributed by atoms with Crippen molar-refractivity contribution in [2.24, 2.45) is 5.92 Å². The quantitative estimate of drug-likeness (QED) is 0.826. The van der Waals surface area contributed by atoms with Gasteiger partial charge in [-0.05, 0) is 37.2 Å². The lowest BCUT2D eigenvalue weighted by Crippen LogP contribution is -2.41. The summed E-state index contributed by atoms with van der Waals surface area (Å²) in [5.74, 6) is 0.388. The van der Waals surface area contributed by atoms with Gasteiger partial charge in [-0.15, -0.1) is 0 Å². The largest absolute Gasteiger partial charge is 0.373 e. The van der Waals surface area contributed by atoms with Gasteiger partial charge in [0.05, 0.1) is 0 Å². The number of benzene rings is 1. The van der Waals surface area contributed by atoms with E-state index in [1.165, 1.54) is 12.1 Å². The zero-order valence-electron chi connectivity index (χ0n) is 10.5. The Kier molecular flexibility index (Phi) is 4.74. The Labute approximate surface area is 97.5 Å². The first-order chi connectivity index (χ1) is 7.54. The van der Waals surface area contributed by atoms with E-state index in [2.05, 4.69) is 24.1 Å². The van der Waals surface area contributed by atoms with Crippen molar-refractivity contribution < 1.29 is 4.39 Å². The summed E-state index contributed by atoms with van der Waals surface area (Å²) >= 11 is 0. The molecule has 0 aliphatic carbocycles. The maximum Gasteiger partial charge on any atom is 0.123 e. The minimum absolute atomic E-state index is 0.189. The molecule has 0 radical (unpaired) electrons. The number of likely N-dealkylation sites (N-methyl/N-ethyl adjacent to an activating group) is 2. The fourth-order valence-corrected chi connectivity index (χ4v) is 1.73. The van der Waals surface area contributed by atoms with E-state index >= 15 is 0 Å². The van der Waals surface area contributed by atoms with E-state index in [-0.39, 0.29) is 5.82 Å².